The maximum atomic E-state index is 11.8. The fourth-order valence-electron chi connectivity index (χ4n) is 2.07. The van der Waals surface area contributed by atoms with Gasteiger partial charge < -0.3 is 10.0 Å². The van der Waals surface area contributed by atoms with Crippen LogP contribution in [0.5, 0.6) is 0 Å². The Kier molecular flexibility index (Phi) is 3.89. The van der Waals surface area contributed by atoms with Gasteiger partial charge in [-0.1, -0.05) is 18.5 Å². The van der Waals surface area contributed by atoms with Gasteiger partial charge in [0.05, 0.1) is 12.1 Å². The molecule has 1 unspecified atom stereocenters. The van der Waals surface area contributed by atoms with Crippen molar-refractivity contribution >= 4 is 35.2 Å². The third-order valence-electron chi connectivity index (χ3n) is 2.96. The van der Waals surface area contributed by atoms with Gasteiger partial charge in [0.15, 0.2) is 0 Å². The second kappa shape index (κ2) is 5.46. The SMILES string of the molecule is CCC1C(=O)NC(=O)CN1c1cc(C(=O)O)cc(Cl)n1. The number of carboxylic acids is 1. The van der Waals surface area contributed by atoms with E-state index in [2.05, 4.69) is 10.3 Å². The summed E-state index contributed by atoms with van der Waals surface area (Å²) < 4.78 is 0. The largest absolute Gasteiger partial charge is 0.478 e. The van der Waals surface area contributed by atoms with Crippen LogP contribution in [0.25, 0.3) is 0 Å². The van der Waals surface area contributed by atoms with E-state index in [9.17, 15) is 14.4 Å². The van der Waals surface area contributed by atoms with Crippen molar-refractivity contribution in [3.05, 3.63) is 22.8 Å². The molecule has 106 valence electrons. The zero-order valence-electron chi connectivity index (χ0n) is 10.6. The maximum Gasteiger partial charge on any atom is 0.335 e. The lowest BCUT2D eigenvalue weighted by Gasteiger charge is -2.34. The fourth-order valence-corrected chi connectivity index (χ4v) is 2.27. The maximum absolute atomic E-state index is 11.8. The Morgan fingerprint density at radius 3 is 2.85 bits per heavy atom. The van der Waals surface area contributed by atoms with Crippen LogP contribution >= 0.6 is 11.6 Å². The Labute approximate surface area is 119 Å². The van der Waals surface area contributed by atoms with Crippen LogP contribution < -0.4 is 10.2 Å². The standard InChI is InChI=1S/C12H12ClN3O4/c1-2-7-11(18)15-10(17)5-16(7)9-4-6(12(19)20)3-8(13)14-9/h3-4,7H,2,5H2,1H3,(H,19,20)(H,15,17,18). The molecule has 0 spiro atoms. The number of aromatic carboxylic acids is 1. The van der Waals surface area contributed by atoms with Crippen LogP contribution in [-0.2, 0) is 9.59 Å². The molecule has 2 amide bonds. The molecule has 1 aromatic heterocycles. The Bertz CT molecular complexity index is 590. The minimum atomic E-state index is -1.16. The summed E-state index contributed by atoms with van der Waals surface area (Å²) in [7, 11) is 0. The quantitative estimate of drug-likeness (QED) is 0.628. The van der Waals surface area contributed by atoms with Crippen LogP contribution in [0.1, 0.15) is 23.7 Å². The van der Waals surface area contributed by atoms with Gasteiger partial charge in [-0.2, -0.15) is 0 Å². The van der Waals surface area contributed by atoms with Crippen LogP contribution in [0, 0.1) is 0 Å². The number of piperazine rings is 1. The first kappa shape index (κ1) is 14.3. The molecule has 0 radical (unpaired) electrons. The first-order valence-electron chi connectivity index (χ1n) is 5.93. The van der Waals surface area contributed by atoms with Gasteiger partial charge >= 0.3 is 5.97 Å². The molecule has 1 saturated heterocycles. The summed E-state index contributed by atoms with van der Waals surface area (Å²) >= 11 is 5.79. The third-order valence-corrected chi connectivity index (χ3v) is 3.16. The Morgan fingerprint density at radius 1 is 1.55 bits per heavy atom. The molecule has 0 aromatic carbocycles. The number of halogens is 1. The Hall–Kier alpha value is -2.15. The number of amides is 2. The lowest BCUT2D eigenvalue weighted by atomic mass is 10.1. The van der Waals surface area contributed by atoms with Crippen LogP contribution in [-0.4, -0.2) is 40.5 Å². The Balaban J connectivity index is 2.44. The van der Waals surface area contributed by atoms with E-state index in [-0.39, 0.29) is 23.1 Å². The van der Waals surface area contributed by atoms with E-state index in [1.807, 2.05) is 0 Å². The normalized spacial score (nSPS) is 18.9. The highest BCUT2D eigenvalue weighted by Crippen LogP contribution is 2.22. The first-order valence-corrected chi connectivity index (χ1v) is 6.31. The number of hydrogen-bond donors (Lipinski definition) is 2. The van der Waals surface area contributed by atoms with Gasteiger partial charge in [-0.05, 0) is 18.6 Å². The molecular formula is C12H12ClN3O4. The third kappa shape index (κ3) is 2.72. The molecule has 8 heteroatoms. The molecule has 1 atom stereocenters. The number of nitrogens with one attached hydrogen (secondary N) is 1. The molecule has 1 aromatic rings. The van der Waals surface area contributed by atoms with Crippen LogP contribution in [0.2, 0.25) is 5.15 Å². The molecular weight excluding hydrogens is 286 g/mol. The first-order chi connectivity index (χ1) is 9.42. The van der Waals surface area contributed by atoms with Crippen molar-refractivity contribution in [1.29, 1.82) is 0 Å². The summed E-state index contributed by atoms with van der Waals surface area (Å²) in [5.74, 6) is -1.85. The van der Waals surface area contributed by atoms with Gasteiger partial charge in [0.1, 0.15) is 17.0 Å². The second-order valence-corrected chi connectivity index (χ2v) is 4.69. The Morgan fingerprint density at radius 2 is 2.25 bits per heavy atom. The fraction of sp³-hybridized carbons (Fsp3) is 0.333. The molecule has 0 bridgehead atoms. The number of carboxylic acid groups (broad SMARTS) is 1. The van der Waals surface area contributed by atoms with Crippen molar-refractivity contribution in [2.45, 2.75) is 19.4 Å². The average Bonchev–Trinajstić information content (AvgIpc) is 2.37. The number of carbonyl (C=O) groups is 3. The highest BCUT2D eigenvalue weighted by Gasteiger charge is 2.33. The van der Waals surface area contributed by atoms with Gasteiger partial charge in [-0.3, -0.25) is 14.9 Å². The molecule has 2 rings (SSSR count). The lowest BCUT2D eigenvalue weighted by molar-refractivity contribution is -0.132. The molecule has 1 aliphatic rings. The number of nitrogens with zero attached hydrogens (tertiary/aromatic N) is 2. The smallest absolute Gasteiger partial charge is 0.335 e. The highest BCUT2D eigenvalue weighted by molar-refractivity contribution is 6.29. The molecule has 7 nitrogen and oxygen atoms in total. The molecule has 0 aliphatic carbocycles. The number of imide groups is 1. The van der Waals surface area contributed by atoms with Gasteiger partial charge in [0.2, 0.25) is 11.8 Å². The predicted octanol–water partition coefficient (Wildman–Crippen LogP) is 0.675. The number of pyridine rings is 1. The number of rotatable bonds is 3. The zero-order valence-corrected chi connectivity index (χ0v) is 11.3. The van der Waals surface area contributed by atoms with E-state index in [4.69, 9.17) is 16.7 Å². The van der Waals surface area contributed by atoms with Crippen molar-refractivity contribution in [2.24, 2.45) is 0 Å². The van der Waals surface area contributed by atoms with Gasteiger partial charge in [-0.15, -0.1) is 0 Å². The summed E-state index contributed by atoms with van der Waals surface area (Å²) in [5, 5.41) is 11.2. The summed E-state index contributed by atoms with van der Waals surface area (Å²) in [6, 6.07) is 1.92. The number of anilines is 1. The van der Waals surface area contributed by atoms with Crippen molar-refractivity contribution < 1.29 is 19.5 Å². The minimum Gasteiger partial charge on any atom is -0.478 e. The highest BCUT2D eigenvalue weighted by atomic mass is 35.5. The molecule has 1 fully saturated rings. The molecule has 2 heterocycles. The predicted molar refractivity (Wildman–Crippen MR) is 70.8 cm³/mol. The van der Waals surface area contributed by atoms with Crippen LogP contribution in [0.3, 0.4) is 0 Å². The number of hydrogen-bond acceptors (Lipinski definition) is 5. The molecule has 20 heavy (non-hydrogen) atoms. The summed E-state index contributed by atoms with van der Waals surface area (Å²) in [6.07, 6.45) is 0.454. The monoisotopic (exact) mass is 297 g/mol. The summed E-state index contributed by atoms with van der Waals surface area (Å²) in [4.78, 5) is 39.7. The van der Waals surface area contributed by atoms with Gasteiger partial charge in [0.25, 0.3) is 0 Å². The summed E-state index contributed by atoms with van der Waals surface area (Å²) in [5.41, 5.74) is -0.0479. The van der Waals surface area contributed by atoms with E-state index in [1.54, 1.807) is 6.92 Å². The van der Waals surface area contributed by atoms with E-state index in [0.29, 0.717) is 6.42 Å². The topological polar surface area (TPSA) is 99.6 Å². The van der Waals surface area contributed by atoms with E-state index >= 15 is 0 Å². The molecule has 2 N–H and O–H groups in total. The van der Waals surface area contributed by atoms with Crippen molar-refractivity contribution in [1.82, 2.24) is 10.3 Å². The van der Waals surface area contributed by atoms with E-state index < -0.39 is 23.8 Å². The van der Waals surface area contributed by atoms with Crippen LogP contribution in [0.15, 0.2) is 12.1 Å². The van der Waals surface area contributed by atoms with Crippen LogP contribution in [0.4, 0.5) is 5.82 Å². The molecule has 0 saturated carbocycles. The van der Waals surface area contributed by atoms with Gasteiger partial charge in [0, 0.05) is 0 Å². The second-order valence-electron chi connectivity index (χ2n) is 4.31. The van der Waals surface area contributed by atoms with Crippen molar-refractivity contribution in [3.63, 3.8) is 0 Å². The number of aromatic nitrogens is 1. The van der Waals surface area contributed by atoms with Crippen molar-refractivity contribution in [2.75, 3.05) is 11.4 Å². The van der Waals surface area contributed by atoms with E-state index in [1.165, 1.54) is 17.0 Å². The summed E-state index contributed by atoms with van der Waals surface area (Å²) in [6.45, 7) is 1.71. The van der Waals surface area contributed by atoms with Crippen molar-refractivity contribution in [3.8, 4) is 0 Å². The average molecular weight is 298 g/mol. The number of carbonyl (C=O) groups excluding carboxylic acids is 2. The van der Waals surface area contributed by atoms with Gasteiger partial charge in [-0.25, -0.2) is 9.78 Å². The zero-order chi connectivity index (χ0) is 14.9. The minimum absolute atomic E-state index is 0.00631. The lowest BCUT2D eigenvalue weighted by Crippen LogP contribution is -2.58. The van der Waals surface area contributed by atoms with E-state index in [0.717, 1.165) is 0 Å². The molecule has 1 aliphatic heterocycles.